The number of amides is 2. The van der Waals surface area contributed by atoms with Crippen molar-refractivity contribution >= 4 is 11.8 Å². The van der Waals surface area contributed by atoms with Crippen molar-refractivity contribution in [3.63, 3.8) is 0 Å². The Kier molecular flexibility index (Phi) is 6.06. The molecule has 3 N–H and O–H groups in total. The fourth-order valence-corrected chi connectivity index (χ4v) is 2.88. The molecular weight excluding hydrogens is 356 g/mol. The van der Waals surface area contributed by atoms with Crippen molar-refractivity contribution in [1.82, 2.24) is 21.0 Å². The molecule has 28 heavy (non-hydrogen) atoms. The van der Waals surface area contributed by atoms with Gasteiger partial charge >= 0.3 is 0 Å². The summed E-state index contributed by atoms with van der Waals surface area (Å²) in [6.45, 7) is 1.93. The average molecular weight is 378 g/mol. The minimum atomic E-state index is -0.469. The zero-order valence-electron chi connectivity index (χ0n) is 15.7. The second-order valence-corrected chi connectivity index (χ2v) is 6.21. The number of methoxy groups -OCH3 is 1. The molecular formula is C21H22N4O3. The SMILES string of the molecule is CCC(C(=O)NNC(=O)c1cc(-c2ccc(OC)cc2)n[nH]1)c1ccccc1. The van der Waals surface area contributed by atoms with Gasteiger partial charge in [-0.15, -0.1) is 0 Å². The summed E-state index contributed by atoms with van der Waals surface area (Å²) in [5, 5.41) is 6.84. The Bertz CT molecular complexity index is 936. The molecule has 0 fully saturated rings. The standard InChI is InChI=1S/C21H22N4O3/c1-3-17(14-7-5-4-6-8-14)20(26)24-25-21(27)19-13-18(22-23-19)15-9-11-16(28-2)12-10-15/h4-13,17H,3H2,1-2H3,(H,22,23)(H,24,26)(H,25,27). The molecule has 0 aliphatic carbocycles. The highest BCUT2D eigenvalue weighted by atomic mass is 16.5. The summed E-state index contributed by atoms with van der Waals surface area (Å²) in [6, 6.07) is 18.4. The summed E-state index contributed by atoms with van der Waals surface area (Å²) >= 11 is 0. The molecule has 0 saturated carbocycles. The predicted octanol–water partition coefficient (Wildman–Crippen LogP) is 3.04. The molecule has 2 aromatic carbocycles. The van der Waals surface area contributed by atoms with Crippen molar-refractivity contribution in [3.8, 4) is 17.0 Å². The molecule has 0 spiro atoms. The third kappa shape index (κ3) is 4.37. The van der Waals surface area contributed by atoms with Crippen LogP contribution < -0.4 is 15.6 Å². The number of ether oxygens (including phenoxy) is 1. The van der Waals surface area contributed by atoms with Crippen LogP contribution in [0.15, 0.2) is 60.7 Å². The van der Waals surface area contributed by atoms with Crippen molar-refractivity contribution in [2.24, 2.45) is 0 Å². The first-order chi connectivity index (χ1) is 13.6. The first kappa shape index (κ1) is 19.2. The Balaban J connectivity index is 1.62. The van der Waals surface area contributed by atoms with Gasteiger partial charge in [-0.2, -0.15) is 5.10 Å². The second kappa shape index (κ2) is 8.85. The third-order valence-corrected chi connectivity index (χ3v) is 4.43. The number of nitrogens with one attached hydrogen (secondary N) is 3. The summed E-state index contributed by atoms with van der Waals surface area (Å²) in [5.41, 5.74) is 7.54. The van der Waals surface area contributed by atoms with E-state index in [4.69, 9.17) is 4.74 Å². The van der Waals surface area contributed by atoms with E-state index in [9.17, 15) is 9.59 Å². The molecule has 3 aromatic rings. The van der Waals surface area contributed by atoms with Gasteiger partial charge in [-0.25, -0.2) is 0 Å². The van der Waals surface area contributed by atoms with E-state index in [2.05, 4.69) is 21.0 Å². The maximum absolute atomic E-state index is 12.4. The van der Waals surface area contributed by atoms with Crippen LogP contribution in [0.1, 0.15) is 35.3 Å². The largest absolute Gasteiger partial charge is 0.497 e. The number of carbonyl (C=O) groups is 2. The van der Waals surface area contributed by atoms with Gasteiger partial charge in [0, 0.05) is 5.56 Å². The Morgan fingerprint density at radius 1 is 1.07 bits per heavy atom. The number of aromatic amines is 1. The smallest absolute Gasteiger partial charge is 0.287 e. The molecule has 3 rings (SSSR count). The Morgan fingerprint density at radius 2 is 1.79 bits per heavy atom. The highest BCUT2D eigenvalue weighted by Gasteiger charge is 2.19. The van der Waals surface area contributed by atoms with Crippen molar-refractivity contribution in [2.75, 3.05) is 7.11 Å². The fraction of sp³-hybridized carbons (Fsp3) is 0.190. The predicted molar refractivity (Wildman–Crippen MR) is 106 cm³/mol. The monoisotopic (exact) mass is 378 g/mol. The topological polar surface area (TPSA) is 96.1 Å². The van der Waals surface area contributed by atoms with E-state index in [1.165, 1.54) is 0 Å². The van der Waals surface area contributed by atoms with Crippen molar-refractivity contribution in [3.05, 3.63) is 71.9 Å². The van der Waals surface area contributed by atoms with Gasteiger partial charge in [-0.1, -0.05) is 37.3 Å². The summed E-state index contributed by atoms with van der Waals surface area (Å²) in [4.78, 5) is 24.8. The lowest BCUT2D eigenvalue weighted by Crippen LogP contribution is -2.44. The molecule has 1 aromatic heterocycles. The van der Waals surface area contributed by atoms with Crippen LogP contribution in [0.3, 0.4) is 0 Å². The quantitative estimate of drug-likeness (QED) is 0.575. The van der Waals surface area contributed by atoms with E-state index < -0.39 is 5.91 Å². The van der Waals surface area contributed by atoms with Gasteiger partial charge in [0.2, 0.25) is 5.91 Å². The Morgan fingerprint density at radius 3 is 2.43 bits per heavy atom. The summed E-state index contributed by atoms with van der Waals surface area (Å²) < 4.78 is 5.13. The lowest BCUT2D eigenvalue weighted by molar-refractivity contribution is -0.123. The molecule has 1 heterocycles. The molecule has 7 nitrogen and oxygen atoms in total. The number of H-pyrrole nitrogens is 1. The highest BCUT2D eigenvalue weighted by Crippen LogP contribution is 2.21. The van der Waals surface area contributed by atoms with E-state index in [1.54, 1.807) is 13.2 Å². The number of hydrogen-bond acceptors (Lipinski definition) is 4. The number of hydrogen-bond donors (Lipinski definition) is 3. The van der Waals surface area contributed by atoms with Crippen LogP contribution >= 0.6 is 0 Å². The zero-order chi connectivity index (χ0) is 19.9. The lowest BCUT2D eigenvalue weighted by Gasteiger charge is -2.15. The number of carbonyl (C=O) groups excluding carboxylic acids is 2. The molecule has 2 amide bonds. The normalized spacial score (nSPS) is 11.5. The molecule has 0 saturated heterocycles. The molecule has 0 aliphatic rings. The van der Waals surface area contributed by atoms with Crippen molar-refractivity contribution < 1.29 is 14.3 Å². The van der Waals surface area contributed by atoms with E-state index in [-0.39, 0.29) is 17.5 Å². The maximum atomic E-state index is 12.4. The van der Waals surface area contributed by atoms with E-state index in [0.29, 0.717) is 12.1 Å². The van der Waals surface area contributed by atoms with Crippen LogP contribution in [0.25, 0.3) is 11.3 Å². The minimum Gasteiger partial charge on any atom is -0.497 e. The summed E-state index contributed by atoms with van der Waals surface area (Å²) in [5.74, 6) is -0.331. The highest BCUT2D eigenvalue weighted by molar-refractivity contribution is 5.95. The molecule has 0 aliphatic heterocycles. The summed E-state index contributed by atoms with van der Waals surface area (Å²) in [7, 11) is 1.60. The van der Waals surface area contributed by atoms with Gasteiger partial charge in [0.05, 0.1) is 18.7 Å². The first-order valence-corrected chi connectivity index (χ1v) is 8.97. The van der Waals surface area contributed by atoms with Gasteiger partial charge in [-0.3, -0.25) is 25.5 Å². The van der Waals surface area contributed by atoms with Gasteiger partial charge < -0.3 is 4.74 Å². The first-order valence-electron chi connectivity index (χ1n) is 8.97. The van der Waals surface area contributed by atoms with Gasteiger partial charge in [-0.05, 0) is 42.3 Å². The summed E-state index contributed by atoms with van der Waals surface area (Å²) in [6.07, 6.45) is 0.622. The van der Waals surface area contributed by atoms with Crippen molar-refractivity contribution in [2.45, 2.75) is 19.3 Å². The van der Waals surface area contributed by atoms with Crippen LogP contribution in [0.2, 0.25) is 0 Å². The number of rotatable bonds is 6. The number of hydrazine groups is 1. The minimum absolute atomic E-state index is 0.249. The second-order valence-electron chi connectivity index (χ2n) is 6.21. The van der Waals surface area contributed by atoms with Crippen LogP contribution in [0.5, 0.6) is 5.75 Å². The van der Waals surface area contributed by atoms with Crippen LogP contribution in [-0.4, -0.2) is 29.1 Å². The average Bonchev–Trinajstić information content (AvgIpc) is 3.24. The van der Waals surface area contributed by atoms with Crippen LogP contribution in [0, 0.1) is 0 Å². The number of aromatic nitrogens is 2. The maximum Gasteiger partial charge on any atom is 0.287 e. The van der Waals surface area contributed by atoms with Crippen molar-refractivity contribution in [1.29, 1.82) is 0 Å². The molecule has 144 valence electrons. The van der Waals surface area contributed by atoms with Gasteiger partial charge in [0.25, 0.3) is 5.91 Å². The van der Waals surface area contributed by atoms with E-state index >= 15 is 0 Å². The van der Waals surface area contributed by atoms with E-state index in [0.717, 1.165) is 16.9 Å². The third-order valence-electron chi connectivity index (χ3n) is 4.43. The Hall–Kier alpha value is -3.61. The number of benzene rings is 2. The van der Waals surface area contributed by atoms with Gasteiger partial charge in [0.15, 0.2) is 0 Å². The molecule has 0 bridgehead atoms. The van der Waals surface area contributed by atoms with Crippen LogP contribution in [0.4, 0.5) is 0 Å². The Labute approximate surface area is 163 Å². The fourth-order valence-electron chi connectivity index (χ4n) is 2.88. The van der Waals surface area contributed by atoms with E-state index in [1.807, 2.05) is 61.5 Å². The molecule has 1 atom stereocenters. The molecule has 0 radical (unpaired) electrons. The zero-order valence-corrected chi connectivity index (χ0v) is 15.7. The lowest BCUT2D eigenvalue weighted by atomic mass is 9.96. The number of nitrogens with zero attached hydrogens (tertiary/aromatic N) is 1. The van der Waals surface area contributed by atoms with Crippen LogP contribution in [-0.2, 0) is 4.79 Å². The molecule has 1 unspecified atom stereocenters. The van der Waals surface area contributed by atoms with Gasteiger partial charge in [0.1, 0.15) is 11.4 Å². The molecule has 7 heteroatoms.